The van der Waals surface area contributed by atoms with Gasteiger partial charge in [0.25, 0.3) is 11.6 Å². The minimum Gasteiger partial charge on any atom is -0.461 e. The zero-order valence-electron chi connectivity index (χ0n) is 18.8. The molecule has 0 bridgehead atoms. The Balaban J connectivity index is 2.41. The average Bonchev–Trinajstić information content (AvgIpc) is 3.07. The number of aromatic amines is 1. The maximum absolute atomic E-state index is 13.4. The highest BCUT2D eigenvalue weighted by molar-refractivity contribution is 6.07. The molecule has 1 heterocycles. The van der Waals surface area contributed by atoms with Crippen molar-refractivity contribution in [2.24, 2.45) is 0 Å². The highest BCUT2D eigenvalue weighted by Crippen LogP contribution is 2.23. The Morgan fingerprint density at radius 2 is 1.94 bits per heavy atom. The van der Waals surface area contributed by atoms with Crippen LogP contribution in [-0.4, -0.2) is 65.4 Å². The van der Waals surface area contributed by atoms with E-state index in [0.29, 0.717) is 16.8 Å². The summed E-state index contributed by atoms with van der Waals surface area (Å²) in [6.45, 7) is 7.01. The number of nitrogens with zero attached hydrogens (tertiary/aromatic N) is 2. The summed E-state index contributed by atoms with van der Waals surface area (Å²) in [6.07, 6.45) is 0. The van der Waals surface area contributed by atoms with Crippen molar-refractivity contribution in [1.29, 1.82) is 0 Å². The number of ketones is 1. The van der Waals surface area contributed by atoms with Crippen LogP contribution in [-0.2, 0) is 9.47 Å². The molecular weight excluding hydrogens is 418 g/mol. The number of aryl methyl sites for hydroxylation is 1. The maximum atomic E-state index is 13.4. The molecule has 1 atom stereocenters. The number of methoxy groups -OCH3 is 1. The van der Waals surface area contributed by atoms with Crippen molar-refractivity contribution in [2.75, 3.05) is 26.9 Å². The van der Waals surface area contributed by atoms with Crippen molar-refractivity contribution in [2.45, 2.75) is 33.7 Å². The van der Waals surface area contributed by atoms with Gasteiger partial charge >= 0.3 is 5.97 Å². The Morgan fingerprint density at radius 1 is 1.25 bits per heavy atom. The monoisotopic (exact) mass is 445 g/mol. The number of hydrogen-bond donors (Lipinski definition) is 1. The van der Waals surface area contributed by atoms with Crippen LogP contribution in [0.25, 0.3) is 0 Å². The van der Waals surface area contributed by atoms with Crippen molar-refractivity contribution >= 4 is 23.3 Å². The molecule has 0 fully saturated rings. The van der Waals surface area contributed by atoms with E-state index in [-0.39, 0.29) is 42.5 Å². The van der Waals surface area contributed by atoms with Crippen LogP contribution in [0.2, 0.25) is 0 Å². The third kappa shape index (κ3) is 5.20. The van der Waals surface area contributed by atoms with Crippen LogP contribution in [0.15, 0.2) is 24.3 Å². The van der Waals surface area contributed by atoms with Gasteiger partial charge in [0.15, 0.2) is 5.78 Å². The fraction of sp³-hybridized carbons (Fsp3) is 0.409. The van der Waals surface area contributed by atoms with Crippen molar-refractivity contribution in [1.82, 2.24) is 9.88 Å². The number of aromatic nitrogens is 1. The van der Waals surface area contributed by atoms with E-state index in [1.54, 1.807) is 27.7 Å². The summed E-state index contributed by atoms with van der Waals surface area (Å²) in [6, 6.07) is 4.41. The number of benzene rings is 1. The van der Waals surface area contributed by atoms with Gasteiger partial charge in [-0.3, -0.25) is 19.7 Å². The highest BCUT2D eigenvalue weighted by Gasteiger charge is 2.32. The van der Waals surface area contributed by atoms with E-state index in [2.05, 4.69) is 4.98 Å². The lowest BCUT2D eigenvalue weighted by molar-refractivity contribution is -0.384. The van der Waals surface area contributed by atoms with Gasteiger partial charge in [-0.15, -0.1) is 0 Å². The molecule has 32 heavy (non-hydrogen) atoms. The van der Waals surface area contributed by atoms with E-state index in [4.69, 9.17) is 9.47 Å². The lowest BCUT2D eigenvalue weighted by Gasteiger charge is -2.28. The number of nitro benzene ring substituents is 1. The standard InChI is InChI=1S/C22H27N3O7/c1-6-32-22(28)19-13(2)18(14(3)23-19)20(26)15(4)24(10-11-31-5)21(27)16-8-7-9-17(12-16)25(29)30/h7-9,12,15,23H,6,10-11H2,1-5H3/t15-/m0/s1. The number of H-pyrrole nitrogens is 1. The Bertz CT molecular complexity index is 1030. The van der Waals surface area contributed by atoms with E-state index >= 15 is 0 Å². The van der Waals surface area contributed by atoms with Gasteiger partial charge in [-0.2, -0.15) is 0 Å². The Morgan fingerprint density at radius 3 is 2.53 bits per heavy atom. The number of esters is 1. The van der Waals surface area contributed by atoms with Crippen LogP contribution in [0, 0.1) is 24.0 Å². The quantitative estimate of drug-likeness (QED) is 0.257. The molecule has 0 unspecified atom stereocenters. The normalized spacial score (nSPS) is 11.7. The summed E-state index contributed by atoms with van der Waals surface area (Å²) in [5.41, 5.74) is 1.27. The maximum Gasteiger partial charge on any atom is 0.355 e. The molecule has 1 amide bonds. The first-order chi connectivity index (χ1) is 15.1. The van der Waals surface area contributed by atoms with E-state index in [1.165, 1.54) is 36.3 Å². The largest absolute Gasteiger partial charge is 0.461 e. The summed E-state index contributed by atoms with van der Waals surface area (Å²) in [5.74, 6) is -1.48. The first kappa shape index (κ1) is 24.7. The molecule has 0 spiro atoms. The summed E-state index contributed by atoms with van der Waals surface area (Å²) < 4.78 is 10.1. The molecule has 172 valence electrons. The van der Waals surface area contributed by atoms with Gasteiger partial charge in [0.1, 0.15) is 5.69 Å². The second kappa shape index (κ2) is 10.7. The van der Waals surface area contributed by atoms with E-state index < -0.39 is 22.8 Å². The molecule has 10 heteroatoms. The van der Waals surface area contributed by atoms with Gasteiger partial charge < -0.3 is 19.4 Å². The molecule has 0 aliphatic carbocycles. The van der Waals surface area contributed by atoms with Gasteiger partial charge in [-0.1, -0.05) is 6.07 Å². The van der Waals surface area contributed by atoms with Gasteiger partial charge in [0.2, 0.25) is 0 Å². The summed E-state index contributed by atoms with van der Waals surface area (Å²) >= 11 is 0. The third-order valence-corrected chi connectivity index (χ3v) is 5.11. The van der Waals surface area contributed by atoms with Crippen LogP contribution in [0.1, 0.15) is 56.3 Å². The Labute approximate surface area is 185 Å². The lowest BCUT2D eigenvalue weighted by atomic mass is 9.99. The smallest absolute Gasteiger partial charge is 0.355 e. The molecule has 1 aromatic heterocycles. The third-order valence-electron chi connectivity index (χ3n) is 5.11. The molecule has 2 rings (SSSR count). The molecule has 0 saturated carbocycles. The van der Waals surface area contributed by atoms with Crippen LogP contribution in [0.4, 0.5) is 5.69 Å². The first-order valence-electron chi connectivity index (χ1n) is 10.1. The topological polar surface area (TPSA) is 132 Å². The van der Waals surface area contributed by atoms with Crippen LogP contribution in [0.5, 0.6) is 0 Å². The van der Waals surface area contributed by atoms with Crippen molar-refractivity contribution in [3.8, 4) is 0 Å². The van der Waals surface area contributed by atoms with E-state index in [9.17, 15) is 24.5 Å². The second-order valence-corrected chi connectivity index (χ2v) is 7.18. The number of hydrogen-bond acceptors (Lipinski definition) is 7. The summed E-state index contributed by atoms with van der Waals surface area (Å²) in [4.78, 5) is 53.4. The lowest BCUT2D eigenvalue weighted by Crippen LogP contribution is -2.45. The Kier molecular flexibility index (Phi) is 8.25. The first-order valence-corrected chi connectivity index (χ1v) is 10.1. The predicted octanol–water partition coefficient (Wildman–Crippen LogP) is 3.08. The number of carbonyl (C=O) groups is 3. The molecular formula is C22H27N3O7. The Hall–Kier alpha value is -3.53. The number of carbonyl (C=O) groups excluding carboxylic acids is 3. The van der Waals surface area contributed by atoms with Gasteiger partial charge in [0, 0.05) is 42.6 Å². The number of rotatable bonds is 10. The summed E-state index contributed by atoms with van der Waals surface area (Å²) in [5, 5.41) is 11.1. The van der Waals surface area contributed by atoms with Crippen molar-refractivity contribution in [3.05, 3.63) is 62.5 Å². The fourth-order valence-corrected chi connectivity index (χ4v) is 3.46. The zero-order chi connectivity index (χ0) is 24.0. The molecule has 10 nitrogen and oxygen atoms in total. The number of Topliss-reactive ketones (excluding diaryl/α,β-unsaturated/α-hetero) is 1. The molecule has 0 aliphatic heterocycles. The number of ether oxygens (including phenoxy) is 2. The predicted molar refractivity (Wildman–Crippen MR) is 116 cm³/mol. The average molecular weight is 445 g/mol. The number of amides is 1. The zero-order valence-corrected chi connectivity index (χ0v) is 18.8. The number of nitrogens with one attached hydrogen (secondary N) is 1. The minimum absolute atomic E-state index is 0.0877. The number of non-ortho nitro benzene ring substituents is 1. The molecule has 0 aliphatic rings. The van der Waals surface area contributed by atoms with Gasteiger partial charge in [-0.05, 0) is 39.3 Å². The van der Waals surface area contributed by atoms with Crippen LogP contribution < -0.4 is 0 Å². The fourth-order valence-electron chi connectivity index (χ4n) is 3.46. The number of nitro groups is 1. The highest BCUT2D eigenvalue weighted by atomic mass is 16.6. The minimum atomic E-state index is -0.917. The molecule has 1 aromatic carbocycles. The van der Waals surface area contributed by atoms with Gasteiger partial charge in [-0.25, -0.2) is 4.79 Å². The van der Waals surface area contributed by atoms with Crippen LogP contribution >= 0.6 is 0 Å². The molecule has 0 radical (unpaired) electrons. The van der Waals surface area contributed by atoms with Crippen LogP contribution in [0.3, 0.4) is 0 Å². The van der Waals surface area contributed by atoms with Gasteiger partial charge in [0.05, 0.1) is 24.2 Å². The van der Waals surface area contributed by atoms with E-state index in [0.717, 1.165) is 0 Å². The van der Waals surface area contributed by atoms with Crippen molar-refractivity contribution in [3.63, 3.8) is 0 Å². The molecule has 2 aromatic rings. The summed E-state index contributed by atoms with van der Waals surface area (Å²) in [7, 11) is 1.47. The molecule has 1 N–H and O–H groups in total. The second-order valence-electron chi connectivity index (χ2n) is 7.18. The molecule has 0 saturated heterocycles. The van der Waals surface area contributed by atoms with Crippen molar-refractivity contribution < 1.29 is 28.8 Å². The van der Waals surface area contributed by atoms with E-state index in [1.807, 2.05) is 0 Å². The SMILES string of the molecule is CCOC(=O)c1[nH]c(C)c(C(=O)[C@H](C)N(CCOC)C(=O)c2cccc([N+](=O)[O-])c2)c1C.